The van der Waals surface area contributed by atoms with Crippen molar-refractivity contribution in [1.29, 1.82) is 5.26 Å². The molecule has 12 heteroatoms. The number of benzene rings is 2. The van der Waals surface area contributed by atoms with Gasteiger partial charge in [0.1, 0.15) is 5.75 Å². The molecule has 0 radical (unpaired) electrons. The Balaban J connectivity index is 1.48. The Morgan fingerprint density at radius 2 is 1.93 bits per heavy atom. The average molecular weight is 562 g/mol. The summed E-state index contributed by atoms with van der Waals surface area (Å²) in [6.45, 7) is 2.44. The van der Waals surface area contributed by atoms with Crippen LogP contribution in [-0.4, -0.2) is 62.4 Å². The fourth-order valence-electron chi connectivity index (χ4n) is 5.38. The Hall–Kier alpha value is -4.79. The number of amides is 1. The molecule has 0 unspecified atom stereocenters. The highest BCUT2D eigenvalue weighted by molar-refractivity contribution is 5.84. The number of carbonyl (C=O) groups excluding carboxylic acids is 1. The van der Waals surface area contributed by atoms with Crippen LogP contribution in [0.3, 0.4) is 0 Å². The summed E-state index contributed by atoms with van der Waals surface area (Å²) in [5, 5.41) is 9.75. The first kappa shape index (κ1) is 27.8. The van der Waals surface area contributed by atoms with Crippen molar-refractivity contribution in [3.63, 3.8) is 0 Å². The lowest BCUT2D eigenvalue weighted by Crippen LogP contribution is -2.53. The molecule has 0 N–H and O–H groups in total. The summed E-state index contributed by atoms with van der Waals surface area (Å²) in [6, 6.07) is 12.2. The van der Waals surface area contributed by atoms with Crippen molar-refractivity contribution in [2.75, 3.05) is 24.5 Å². The van der Waals surface area contributed by atoms with Crippen LogP contribution in [0, 0.1) is 11.3 Å². The minimum atomic E-state index is -3.04. The lowest BCUT2D eigenvalue weighted by molar-refractivity contribution is -0.131. The molecule has 0 spiro atoms. The predicted molar refractivity (Wildman–Crippen MR) is 149 cm³/mol. The molecule has 0 aliphatic carbocycles. The normalized spacial score (nSPS) is 15.4. The molecular formula is C29H29F2N7O3. The van der Waals surface area contributed by atoms with Crippen LogP contribution >= 0.6 is 0 Å². The zero-order chi connectivity index (χ0) is 29.3. The summed E-state index contributed by atoms with van der Waals surface area (Å²) in [5.41, 5.74) is 2.79. The van der Waals surface area contributed by atoms with E-state index in [1.807, 2.05) is 28.9 Å². The van der Waals surface area contributed by atoms with Crippen LogP contribution in [0.4, 0.5) is 14.7 Å². The number of ether oxygens (including phenoxy) is 1. The van der Waals surface area contributed by atoms with Crippen LogP contribution in [0.1, 0.15) is 25.0 Å². The van der Waals surface area contributed by atoms with Gasteiger partial charge in [-0.25, -0.2) is 9.97 Å². The summed E-state index contributed by atoms with van der Waals surface area (Å²) in [7, 11) is 1.60. The van der Waals surface area contributed by atoms with Crippen molar-refractivity contribution in [2.24, 2.45) is 7.05 Å². The van der Waals surface area contributed by atoms with Gasteiger partial charge in [0.25, 0.3) is 5.56 Å². The molecule has 3 heterocycles. The van der Waals surface area contributed by atoms with E-state index in [1.165, 1.54) is 10.7 Å². The molecule has 1 fully saturated rings. The second-order valence-corrected chi connectivity index (χ2v) is 10.0. The second kappa shape index (κ2) is 11.4. The standard InChI is InChI=1S/C29H29F2N7O3/c1-18-16-36(11-12-37(18)19(2)39)29-33-14-22(15-34-29)21-7-8-23-25(13-21)38(35(3)27(23)40)17-24-20(9-10-32)5-4-6-26(24)41-28(30)31/h4-8,13-15,18,28H,9,11-12,16-17H2,1-3H3/t18-/m1/s1. The van der Waals surface area contributed by atoms with Gasteiger partial charge in [0.15, 0.2) is 0 Å². The van der Waals surface area contributed by atoms with Gasteiger partial charge in [-0.2, -0.15) is 14.0 Å². The van der Waals surface area contributed by atoms with Crippen LogP contribution in [0.15, 0.2) is 53.6 Å². The summed E-state index contributed by atoms with van der Waals surface area (Å²) in [5.74, 6) is 0.581. The van der Waals surface area contributed by atoms with Crippen molar-refractivity contribution >= 4 is 22.8 Å². The van der Waals surface area contributed by atoms with Crippen molar-refractivity contribution < 1.29 is 18.3 Å². The fraction of sp³-hybridized carbons (Fsp3) is 0.345. The number of carbonyl (C=O) groups is 1. The number of fused-ring (bicyclic) bond motifs is 1. The monoisotopic (exact) mass is 561 g/mol. The first-order chi connectivity index (χ1) is 19.7. The molecule has 1 saturated heterocycles. The molecule has 2 aromatic heterocycles. The molecule has 1 atom stereocenters. The van der Waals surface area contributed by atoms with E-state index in [2.05, 4.69) is 16.0 Å². The maximum Gasteiger partial charge on any atom is 0.387 e. The highest BCUT2D eigenvalue weighted by atomic mass is 19.3. The van der Waals surface area contributed by atoms with Gasteiger partial charge >= 0.3 is 6.61 Å². The van der Waals surface area contributed by atoms with Crippen LogP contribution in [0.2, 0.25) is 0 Å². The molecule has 4 aromatic rings. The molecule has 1 aliphatic heterocycles. The molecule has 41 heavy (non-hydrogen) atoms. The van der Waals surface area contributed by atoms with Crippen molar-refractivity contribution in [3.05, 3.63) is 70.3 Å². The van der Waals surface area contributed by atoms with E-state index in [1.54, 1.807) is 49.2 Å². The minimum absolute atomic E-state index is 0.000432. The van der Waals surface area contributed by atoms with E-state index < -0.39 is 6.61 Å². The number of rotatable bonds is 7. The molecule has 1 aliphatic rings. The topological polar surface area (TPSA) is 109 Å². The van der Waals surface area contributed by atoms with Gasteiger partial charge in [-0.3, -0.25) is 19.0 Å². The maximum absolute atomic E-state index is 13.2. The Morgan fingerprint density at radius 1 is 1.17 bits per heavy atom. The number of hydrogen-bond acceptors (Lipinski definition) is 7. The van der Waals surface area contributed by atoms with Crippen LogP contribution in [-0.2, 0) is 24.8 Å². The first-order valence-electron chi connectivity index (χ1n) is 13.1. The summed E-state index contributed by atoms with van der Waals surface area (Å²) in [4.78, 5) is 37.9. The fourth-order valence-corrected chi connectivity index (χ4v) is 5.38. The number of halogens is 2. The molecule has 10 nitrogen and oxygen atoms in total. The van der Waals surface area contributed by atoms with E-state index in [4.69, 9.17) is 4.74 Å². The molecule has 0 saturated carbocycles. The molecule has 212 valence electrons. The van der Waals surface area contributed by atoms with E-state index >= 15 is 0 Å². The first-order valence-corrected chi connectivity index (χ1v) is 13.1. The number of anilines is 1. The summed E-state index contributed by atoms with van der Waals surface area (Å²) >= 11 is 0. The average Bonchev–Trinajstić information content (AvgIpc) is 3.18. The quantitative estimate of drug-likeness (QED) is 0.339. The van der Waals surface area contributed by atoms with Crippen molar-refractivity contribution in [3.8, 4) is 22.9 Å². The van der Waals surface area contributed by atoms with E-state index in [0.29, 0.717) is 47.6 Å². The molecule has 5 rings (SSSR count). The Kier molecular flexibility index (Phi) is 7.70. The predicted octanol–water partition coefficient (Wildman–Crippen LogP) is 3.57. The van der Waals surface area contributed by atoms with Gasteiger partial charge in [-0.05, 0) is 36.2 Å². The van der Waals surface area contributed by atoms with Gasteiger partial charge in [-0.1, -0.05) is 18.2 Å². The zero-order valence-electron chi connectivity index (χ0n) is 22.9. The smallest absolute Gasteiger partial charge is 0.387 e. The summed E-state index contributed by atoms with van der Waals surface area (Å²) in [6.07, 6.45) is 3.43. The number of nitriles is 1. The minimum Gasteiger partial charge on any atom is -0.434 e. The Morgan fingerprint density at radius 3 is 2.59 bits per heavy atom. The zero-order valence-corrected chi connectivity index (χ0v) is 22.9. The SMILES string of the molecule is CC(=O)N1CCN(c2ncc(-c3ccc4c(=O)n(C)n(Cc5c(CC#N)cccc5OC(F)F)c4c3)cn2)C[C@H]1C. The number of piperazine rings is 1. The molecular weight excluding hydrogens is 532 g/mol. The van der Waals surface area contributed by atoms with Crippen molar-refractivity contribution in [1.82, 2.24) is 24.2 Å². The van der Waals surface area contributed by atoms with Gasteiger partial charge < -0.3 is 14.5 Å². The highest BCUT2D eigenvalue weighted by Gasteiger charge is 2.26. The lowest BCUT2D eigenvalue weighted by Gasteiger charge is -2.39. The molecule has 2 aromatic carbocycles. The third-order valence-electron chi connectivity index (χ3n) is 7.47. The second-order valence-electron chi connectivity index (χ2n) is 10.0. The largest absolute Gasteiger partial charge is 0.434 e. The maximum atomic E-state index is 13.2. The number of aromatic nitrogens is 4. The Bertz CT molecular complexity index is 1690. The van der Waals surface area contributed by atoms with Gasteiger partial charge in [-0.15, -0.1) is 0 Å². The lowest BCUT2D eigenvalue weighted by atomic mass is 10.0. The van der Waals surface area contributed by atoms with Crippen LogP contribution < -0.4 is 15.2 Å². The van der Waals surface area contributed by atoms with E-state index in [9.17, 15) is 23.6 Å². The van der Waals surface area contributed by atoms with E-state index in [0.717, 1.165) is 11.1 Å². The summed E-state index contributed by atoms with van der Waals surface area (Å²) < 4.78 is 34.2. The van der Waals surface area contributed by atoms with E-state index in [-0.39, 0.29) is 36.2 Å². The van der Waals surface area contributed by atoms with Gasteiger partial charge in [0, 0.05) is 63.2 Å². The Labute approximate surface area is 235 Å². The van der Waals surface area contributed by atoms with Crippen LogP contribution in [0.5, 0.6) is 5.75 Å². The highest BCUT2D eigenvalue weighted by Crippen LogP contribution is 2.29. The number of hydrogen-bond donors (Lipinski definition) is 0. The van der Waals surface area contributed by atoms with Gasteiger partial charge in [0.2, 0.25) is 11.9 Å². The number of alkyl halides is 2. The third kappa shape index (κ3) is 5.48. The molecule has 0 bridgehead atoms. The number of nitrogens with zero attached hydrogens (tertiary/aromatic N) is 7. The van der Waals surface area contributed by atoms with Gasteiger partial charge in [0.05, 0.1) is 29.9 Å². The van der Waals surface area contributed by atoms with Crippen LogP contribution in [0.25, 0.3) is 22.0 Å². The third-order valence-corrected chi connectivity index (χ3v) is 7.47. The molecule has 1 amide bonds. The van der Waals surface area contributed by atoms with Crippen molar-refractivity contribution in [2.45, 2.75) is 39.5 Å².